The van der Waals surface area contributed by atoms with Crippen molar-refractivity contribution in [1.29, 1.82) is 0 Å². The van der Waals surface area contributed by atoms with E-state index < -0.39 is 0 Å². The molecule has 0 fully saturated rings. The van der Waals surface area contributed by atoms with Crippen molar-refractivity contribution >= 4 is 15.9 Å². The number of benzene rings is 1. The Hall–Kier alpha value is -1.20. The zero-order valence-corrected chi connectivity index (χ0v) is 12.7. The van der Waals surface area contributed by atoms with E-state index in [0.29, 0.717) is 24.1 Å². The first-order chi connectivity index (χ1) is 9.04. The van der Waals surface area contributed by atoms with Crippen molar-refractivity contribution in [2.24, 2.45) is 11.7 Å². The Bertz CT molecular complexity index is 539. The highest BCUT2D eigenvalue weighted by Crippen LogP contribution is 2.20. The van der Waals surface area contributed by atoms with Gasteiger partial charge in [0.05, 0.1) is 0 Å². The van der Waals surface area contributed by atoms with E-state index in [-0.39, 0.29) is 6.04 Å². The molecule has 2 rings (SSSR count). The van der Waals surface area contributed by atoms with Gasteiger partial charge in [-0.15, -0.1) is 0 Å². The molecule has 19 heavy (non-hydrogen) atoms. The summed E-state index contributed by atoms with van der Waals surface area (Å²) in [5.41, 5.74) is 6.98. The molecule has 1 aromatic heterocycles. The first-order valence-electron chi connectivity index (χ1n) is 6.38. The van der Waals surface area contributed by atoms with Gasteiger partial charge >= 0.3 is 0 Å². The molecule has 0 bridgehead atoms. The summed E-state index contributed by atoms with van der Waals surface area (Å²) in [7, 11) is 0. The van der Waals surface area contributed by atoms with Crippen molar-refractivity contribution in [3.63, 3.8) is 0 Å². The minimum Gasteiger partial charge on any atom is -0.339 e. The lowest BCUT2D eigenvalue weighted by Crippen LogP contribution is -2.24. The minimum absolute atomic E-state index is 0.0656. The van der Waals surface area contributed by atoms with Gasteiger partial charge in [0.15, 0.2) is 0 Å². The average molecular weight is 324 g/mol. The van der Waals surface area contributed by atoms with Crippen molar-refractivity contribution < 1.29 is 4.52 Å². The van der Waals surface area contributed by atoms with Crippen molar-refractivity contribution in [2.75, 3.05) is 0 Å². The maximum atomic E-state index is 6.04. The molecule has 2 aromatic rings. The van der Waals surface area contributed by atoms with E-state index in [2.05, 4.69) is 39.9 Å². The fourth-order valence-electron chi connectivity index (χ4n) is 2.00. The molecule has 4 nitrogen and oxygen atoms in total. The van der Waals surface area contributed by atoms with Crippen molar-refractivity contribution in [1.82, 2.24) is 10.1 Å². The molecule has 0 saturated carbocycles. The van der Waals surface area contributed by atoms with Crippen molar-refractivity contribution in [3.8, 4) is 11.4 Å². The number of hydrogen-bond acceptors (Lipinski definition) is 4. The number of halogens is 1. The second kappa shape index (κ2) is 6.30. The molecule has 0 aliphatic carbocycles. The number of hydrogen-bond donors (Lipinski definition) is 1. The van der Waals surface area contributed by atoms with Crippen LogP contribution in [0.4, 0.5) is 0 Å². The predicted molar refractivity (Wildman–Crippen MR) is 78.6 cm³/mol. The van der Waals surface area contributed by atoms with Gasteiger partial charge in [-0.1, -0.05) is 47.1 Å². The number of nitrogens with two attached hydrogens (primary N) is 1. The molecule has 0 saturated heterocycles. The standard InChI is InChI=1S/C14H18BrN3O/c1-9(2)6-12(16)8-13-17-14(18-19-13)10-4-3-5-11(15)7-10/h3-5,7,9,12H,6,8,16H2,1-2H3/t12-/m0/s1. The maximum Gasteiger partial charge on any atom is 0.228 e. The fourth-order valence-corrected chi connectivity index (χ4v) is 2.39. The highest BCUT2D eigenvalue weighted by molar-refractivity contribution is 9.10. The van der Waals surface area contributed by atoms with E-state index in [0.717, 1.165) is 16.5 Å². The van der Waals surface area contributed by atoms with E-state index in [1.54, 1.807) is 0 Å². The molecule has 1 heterocycles. The lowest BCUT2D eigenvalue weighted by atomic mass is 10.0. The summed E-state index contributed by atoms with van der Waals surface area (Å²) in [6.45, 7) is 4.31. The zero-order chi connectivity index (χ0) is 13.8. The SMILES string of the molecule is CC(C)C[C@H](N)Cc1nc(-c2cccc(Br)c2)no1. The van der Waals surface area contributed by atoms with Crippen LogP contribution in [-0.2, 0) is 6.42 Å². The van der Waals surface area contributed by atoms with Gasteiger partial charge in [-0.25, -0.2) is 0 Å². The molecule has 1 aromatic carbocycles. The van der Waals surface area contributed by atoms with Crippen LogP contribution in [0.1, 0.15) is 26.2 Å². The first-order valence-corrected chi connectivity index (χ1v) is 7.18. The number of nitrogens with zero attached hydrogens (tertiary/aromatic N) is 2. The Morgan fingerprint density at radius 2 is 2.16 bits per heavy atom. The molecule has 0 unspecified atom stereocenters. The summed E-state index contributed by atoms with van der Waals surface area (Å²) in [5.74, 6) is 1.78. The van der Waals surface area contributed by atoms with Crippen LogP contribution in [0.15, 0.2) is 33.3 Å². The van der Waals surface area contributed by atoms with E-state index in [9.17, 15) is 0 Å². The van der Waals surface area contributed by atoms with Crippen LogP contribution in [0.3, 0.4) is 0 Å². The monoisotopic (exact) mass is 323 g/mol. The highest BCUT2D eigenvalue weighted by Gasteiger charge is 2.13. The van der Waals surface area contributed by atoms with Gasteiger partial charge in [-0.2, -0.15) is 4.98 Å². The quantitative estimate of drug-likeness (QED) is 0.915. The number of rotatable bonds is 5. The molecule has 0 aliphatic rings. The lowest BCUT2D eigenvalue weighted by Gasteiger charge is -2.10. The van der Waals surface area contributed by atoms with E-state index in [1.807, 2.05) is 24.3 Å². The molecule has 0 radical (unpaired) electrons. The van der Waals surface area contributed by atoms with Crippen molar-refractivity contribution in [2.45, 2.75) is 32.7 Å². The van der Waals surface area contributed by atoms with E-state index in [4.69, 9.17) is 10.3 Å². The average Bonchev–Trinajstić information content (AvgIpc) is 2.76. The summed E-state index contributed by atoms with van der Waals surface area (Å²) in [4.78, 5) is 4.39. The Morgan fingerprint density at radius 1 is 1.37 bits per heavy atom. The van der Waals surface area contributed by atoms with Gasteiger partial charge in [0.25, 0.3) is 0 Å². The lowest BCUT2D eigenvalue weighted by molar-refractivity contribution is 0.359. The molecular weight excluding hydrogens is 306 g/mol. The summed E-state index contributed by atoms with van der Waals surface area (Å²) in [6.07, 6.45) is 1.58. The highest BCUT2D eigenvalue weighted by atomic mass is 79.9. The number of aromatic nitrogens is 2. The van der Waals surface area contributed by atoms with Gasteiger partial charge in [-0.3, -0.25) is 0 Å². The molecule has 1 atom stereocenters. The summed E-state index contributed by atoms with van der Waals surface area (Å²) < 4.78 is 6.25. The largest absolute Gasteiger partial charge is 0.339 e. The van der Waals surface area contributed by atoms with E-state index >= 15 is 0 Å². The summed E-state index contributed by atoms with van der Waals surface area (Å²) in [5, 5.41) is 4.00. The van der Waals surface area contributed by atoms with Crippen molar-refractivity contribution in [3.05, 3.63) is 34.6 Å². The van der Waals surface area contributed by atoms with Gasteiger partial charge in [0.2, 0.25) is 11.7 Å². The molecule has 2 N–H and O–H groups in total. The Kier molecular flexibility index (Phi) is 4.71. The molecular formula is C14H18BrN3O. The van der Waals surface area contributed by atoms with E-state index in [1.165, 1.54) is 0 Å². The van der Waals surface area contributed by atoms with Gasteiger partial charge in [0.1, 0.15) is 0 Å². The molecule has 0 spiro atoms. The second-order valence-corrected chi connectivity index (χ2v) is 6.03. The third-order valence-electron chi connectivity index (χ3n) is 2.76. The Morgan fingerprint density at radius 3 is 2.84 bits per heavy atom. The minimum atomic E-state index is 0.0656. The van der Waals surface area contributed by atoms with Crippen LogP contribution in [0.2, 0.25) is 0 Å². The van der Waals surface area contributed by atoms with Crippen LogP contribution in [0, 0.1) is 5.92 Å². The molecule has 5 heteroatoms. The first kappa shape index (κ1) is 14.2. The van der Waals surface area contributed by atoms with Gasteiger partial charge in [-0.05, 0) is 24.5 Å². The molecule has 0 aliphatic heterocycles. The normalized spacial score (nSPS) is 12.9. The smallest absolute Gasteiger partial charge is 0.228 e. The maximum absolute atomic E-state index is 6.04. The van der Waals surface area contributed by atoms with Gasteiger partial charge < -0.3 is 10.3 Å². The summed E-state index contributed by atoms with van der Waals surface area (Å²) >= 11 is 3.43. The Labute approximate surface area is 121 Å². The van der Waals surface area contributed by atoms with Crippen LogP contribution in [0.25, 0.3) is 11.4 Å². The third kappa shape index (κ3) is 4.14. The Balaban J connectivity index is 2.07. The zero-order valence-electron chi connectivity index (χ0n) is 11.1. The fraction of sp³-hybridized carbons (Fsp3) is 0.429. The van der Waals surface area contributed by atoms with Crippen LogP contribution >= 0.6 is 15.9 Å². The molecule has 0 amide bonds. The second-order valence-electron chi connectivity index (χ2n) is 5.12. The molecule has 102 valence electrons. The third-order valence-corrected chi connectivity index (χ3v) is 3.26. The van der Waals surface area contributed by atoms with Gasteiger partial charge in [0, 0.05) is 22.5 Å². The van der Waals surface area contributed by atoms with Crippen LogP contribution in [0.5, 0.6) is 0 Å². The topological polar surface area (TPSA) is 64.9 Å². The van der Waals surface area contributed by atoms with Crippen LogP contribution in [-0.4, -0.2) is 16.2 Å². The predicted octanol–water partition coefficient (Wildman–Crippen LogP) is 3.42. The van der Waals surface area contributed by atoms with Crippen LogP contribution < -0.4 is 5.73 Å². The summed E-state index contributed by atoms with van der Waals surface area (Å²) in [6, 6.07) is 7.88.